The maximum absolute atomic E-state index is 11.9. The van der Waals surface area contributed by atoms with E-state index >= 15 is 0 Å². The minimum absolute atomic E-state index is 0.0817. The van der Waals surface area contributed by atoms with Crippen molar-refractivity contribution in [2.45, 2.75) is 25.3 Å². The lowest BCUT2D eigenvalue weighted by atomic mass is 10.1. The van der Waals surface area contributed by atoms with Crippen molar-refractivity contribution in [1.82, 2.24) is 10.6 Å². The first-order valence-corrected chi connectivity index (χ1v) is 8.13. The van der Waals surface area contributed by atoms with Crippen LogP contribution in [0.2, 0.25) is 0 Å². The summed E-state index contributed by atoms with van der Waals surface area (Å²) in [5.74, 6) is -0.926. The summed E-state index contributed by atoms with van der Waals surface area (Å²) in [7, 11) is 0. The van der Waals surface area contributed by atoms with Crippen LogP contribution in [0.3, 0.4) is 0 Å². The summed E-state index contributed by atoms with van der Waals surface area (Å²) >= 11 is 0. The zero-order valence-electron chi connectivity index (χ0n) is 13.9. The molecular formula is C19H18N2O5. The number of esters is 1. The summed E-state index contributed by atoms with van der Waals surface area (Å²) in [5.41, 5.74) is 1.63. The lowest BCUT2D eigenvalue weighted by Crippen LogP contribution is -2.70. The van der Waals surface area contributed by atoms with Crippen LogP contribution >= 0.6 is 0 Å². The van der Waals surface area contributed by atoms with E-state index in [2.05, 4.69) is 10.6 Å². The first kappa shape index (κ1) is 17.5. The molecule has 2 N–H and O–H groups in total. The SMILES string of the molecule is O=C(Cc1ccccc1)O[C@H]1NC(=O)[C@H]1NC(=O)OCc1ccccc1. The second-order valence-corrected chi connectivity index (χ2v) is 5.77. The topological polar surface area (TPSA) is 93.7 Å². The smallest absolute Gasteiger partial charge is 0.408 e. The first-order valence-electron chi connectivity index (χ1n) is 8.13. The van der Waals surface area contributed by atoms with Crippen LogP contribution < -0.4 is 10.6 Å². The highest BCUT2D eigenvalue weighted by Gasteiger charge is 2.43. The summed E-state index contributed by atoms with van der Waals surface area (Å²) in [6, 6.07) is 17.3. The van der Waals surface area contributed by atoms with E-state index < -0.39 is 30.2 Å². The summed E-state index contributed by atoms with van der Waals surface area (Å²) in [5, 5.41) is 4.84. The standard InChI is InChI=1S/C19H18N2O5/c22-15(11-13-7-3-1-4-8-13)26-18-16(17(23)21-18)20-19(24)25-12-14-9-5-2-6-10-14/h1-10,16,18H,11-12H2,(H,20,24)(H,21,23)/t16-,18-/m1/s1. The lowest BCUT2D eigenvalue weighted by molar-refractivity contribution is -0.163. The van der Waals surface area contributed by atoms with E-state index in [9.17, 15) is 14.4 Å². The van der Waals surface area contributed by atoms with Gasteiger partial charge in [0.1, 0.15) is 6.61 Å². The monoisotopic (exact) mass is 354 g/mol. The molecule has 3 rings (SSSR count). The molecule has 1 fully saturated rings. The molecule has 1 aliphatic heterocycles. The Hall–Kier alpha value is -3.35. The predicted molar refractivity (Wildman–Crippen MR) is 91.7 cm³/mol. The van der Waals surface area contributed by atoms with Gasteiger partial charge in [-0.15, -0.1) is 0 Å². The van der Waals surface area contributed by atoms with Crippen molar-refractivity contribution < 1.29 is 23.9 Å². The van der Waals surface area contributed by atoms with Crippen molar-refractivity contribution in [3.63, 3.8) is 0 Å². The summed E-state index contributed by atoms with van der Waals surface area (Å²) in [4.78, 5) is 35.4. The molecule has 7 nitrogen and oxygen atoms in total. The van der Waals surface area contributed by atoms with Crippen LogP contribution in [0.15, 0.2) is 60.7 Å². The van der Waals surface area contributed by atoms with Gasteiger partial charge in [-0.3, -0.25) is 9.59 Å². The second kappa shape index (κ2) is 8.15. The first-order chi connectivity index (χ1) is 12.6. The fraction of sp³-hybridized carbons (Fsp3) is 0.211. The third-order valence-electron chi connectivity index (χ3n) is 3.81. The summed E-state index contributed by atoms with van der Waals surface area (Å²) < 4.78 is 10.3. The Morgan fingerprint density at radius 3 is 2.19 bits per heavy atom. The van der Waals surface area contributed by atoms with Crippen molar-refractivity contribution in [1.29, 1.82) is 0 Å². The minimum Gasteiger partial charge on any atom is -0.445 e. The van der Waals surface area contributed by atoms with E-state index in [4.69, 9.17) is 9.47 Å². The van der Waals surface area contributed by atoms with Gasteiger partial charge in [-0.25, -0.2) is 4.79 Å². The molecule has 0 radical (unpaired) electrons. The van der Waals surface area contributed by atoms with Gasteiger partial charge in [-0.1, -0.05) is 60.7 Å². The van der Waals surface area contributed by atoms with Crippen LogP contribution in [0, 0.1) is 0 Å². The van der Waals surface area contributed by atoms with E-state index in [-0.39, 0.29) is 13.0 Å². The number of ether oxygens (including phenoxy) is 2. The molecule has 134 valence electrons. The number of amides is 2. The molecule has 2 aromatic rings. The number of β-lactam (4-membered cyclic amide) rings is 1. The number of rotatable bonds is 6. The summed E-state index contributed by atoms with van der Waals surface area (Å²) in [6.07, 6.45) is -1.57. The molecule has 0 unspecified atom stereocenters. The number of benzene rings is 2. The second-order valence-electron chi connectivity index (χ2n) is 5.77. The predicted octanol–water partition coefficient (Wildman–Crippen LogP) is 1.52. The molecule has 0 bridgehead atoms. The quantitative estimate of drug-likeness (QED) is 0.606. The molecule has 26 heavy (non-hydrogen) atoms. The van der Waals surface area contributed by atoms with E-state index in [1.54, 1.807) is 12.1 Å². The van der Waals surface area contributed by atoms with Gasteiger partial charge < -0.3 is 20.1 Å². The number of carbonyl (C=O) groups excluding carboxylic acids is 3. The lowest BCUT2D eigenvalue weighted by Gasteiger charge is -2.35. The Labute approximate surface area is 150 Å². The Balaban J connectivity index is 1.45. The Morgan fingerprint density at radius 1 is 0.962 bits per heavy atom. The maximum Gasteiger partial charge on any atom is 0.408 e. The number of hydrogen-bond acceptors (Lipinski definition) is 5. The van der Waals surface area contributed by atoms with Gasteiger partial charge in [0.05, 0.1) is 6.42 Å². The van der Waals surface area contributed by atoms with Crippen LogP contribution in [-0.2, 0) is 32.1 Å². The fourth-order valence-electron chi connectivity index (χ4n) is 2.43. The van der Waals surface area contributed by atoms with Gasteiger partial charge in [-0.05, 0) is 11.1 Å². The average molecular weight is 354 g/mol. The highest BCUT2D eigenvalue weighted by Crippen LogP contribution is 2.11. The van der Waals surface area contributed by atoms with E-state index in [0.29, 0.717) is 0 Å². The van der Waals surface area contributed by atoms with Gasteiger partial charge >= 0.3 is 12.1 Å². The van der Waals surface area contributed by atoms with Gasteiger partial charge in [0.25, 0.3) is 5.91 Å². The molecule has 1 heterocycles. The summed E-state index contributed by atoms with van der Waals surface area (Å²) in [6.45, 7) is 0.0828. The molecule has 0 saturated carbocycles. The van der Waals surface area contributed by atoms with Gasteiger partial charge in [-0.2, -0.15) is 0 Å². The maximum atomic E-state index is 11.9. The molecular weight excluding hydrogens is 336 g/mol. The zero-order chi connectivity index (χ0) is 18.4. The van der Waals surface area contributed by atoms with Gasteiger partial charge in [0.2, 0.25) is 6.23 Å². The van der Waals surface area contributed by atoms with Crippen LogP contribution in [0.5, 0.6) is 0 Å². The van der Waals surface area contributed by atoms with Crippen molar-refractivity contribution >= 4 is 18.0 Å². The van der Waals surface area contributed by atoms with Crippen LogP contribution in [0.4, 0.5) is 4.79 Å². The Morgan fingerprint density at radius 2 is 1.58 bits per heavy atom. The van der Waals surface area contributed by atoms with Crippen LogP contribution in [0.1, 0.15) is 11.1 Å². The van der Waals surface area contributed by atoms with Crippen molar-refractivity contribution in [2.75, 3.05) is 0 Å². The highest BCUT2D eigenvalue weighted by atomic mass is 16.6. The minimum atomic E-state index is -0.960. The molecule has 0 aliphatic carbocycles. The largest absolute Gasteiger partial charge is 0.445 e. The third-order valence-corrected chi connectivity index (χ3v) is 3.81. The molecule has 2 amide bonds. The van der Waals surface area contributed by atoms with Crippen LogP contribution in [0.25, 0.3) is 0 Å². The zero-order valence-corrected chi connectivity index (χ0v) is 13.9. The molecule has 1 aliphatic rings. The molecule has 2 aromatic carbocycles. The molecule has 0 aromatic heterocycles. The molecule has 7 heteroatoms. The fourth-order valence-corrected chi connectivity index (χ4v) is 2.43. The molecule has 0 spiro atoms. The van der Waals surface area contributed by atoms with E-state index in [1.165, 1.54) is 0 Å². The Bertz CT molecular complexity index is 779. The number of carbonyl (C=O) groups is 3. The third kappa shape index (κ3) is 4.60. The highest BCUT2D eigenvalue weighted by molar-refractivity contribution is 5.92. The van der Waals surface area contributed by atoms with Crippen molar-refractivity contribution in [3.05, 3.63) is 71.8 Å². The number of nitrogens with one attached hydrogen (secondary N) is 2. The molecule has 2 atom stereocenters. The average Bonchev–Trinajstić information content (AvgIpc) is 2.66. The van der Waals surface area contributed by atoms with Crippen molar-refractivity contribution in [2.24, 2.45) is 0 Å². The number of alkyl carbamates (subject to hydrolysis) is 1. The van der Waals surface area contributed by atoms with Crippen LogP contribution in [-0.4, -0.2) is 30.2 Å². The normalized spacial score (nSPS) is 18.2. The Kier molecular flexibility index (Phi) is 5.48. The van der Waals surface area contributed by atoms with Gasteiger partial charge in [0.15, 0.2) is 6.04 Å². The van der Waals surface area contributed by atoms with Gasteiger partial charge in [0, 0.05) is 0 Å². The van der Waals surface area contributed by atoms with E-state index in [1.807, 2.05) is 48.5 Å². The number of hydrogen-bond donors (Lipinski definition) is 2. The van der Waals surface area contributed by atoms with Crippen molar-refractivity contribution in [3.8, 4) is 0 Å². The molecule has 1 saturated heterocycles. The van der Waals surface area contributed by atoms with E-state index in [0.717, 1.165) is 11.1 Å².